The monoisotopic (exact) mass is 431 g/mol. The van der Waals surface area contributed by atoms with Crippen LogP contribution in [-0.2, 0) is 10.0 Å². The molecule has 0 atom stereocenters. The molecule has 0 saturated carbocycles. The summed E-state index contributed by atoms with van der Waals surface area (Å²) in [7, 11) is -3.73. The van der Waals surface area contributed by atoms with E-state index in [0.29, 0.717) is 28.0 Å². The van der Waals surface area contributed by atoms with Gasteiger partial charge in [-0.25, -0.2) is 8.42 Å². The first-order chi connectivity index (χ1) is 14.8. The van der Waals surface area contributed by atoms with Gasteiger partial charge in [0.05, 0.1) is 16.1 Å². The molecule has 1 heterocycles. The number of carbonyl (C=O) groups is 1. The third-order valence-electron chi connectivity index (χ3n) is 4.91. The Bertz CT molecular complexity index is 1380. The number of hydrogen-bond acceptors (Lipinski definition) is 4. The molecule has 6 nitrogen and oxygen atoms in total. The lowest BCUT2D eigenvalue weighted by atomic mass is 10.1. The second-order valence-electron chi connectivity index (χ2n) is 7.29. The molecule has 0 fully saturated rings. The fourth-order valence-corrected chi connectivity index (χ4v) is 4.69. The Kier molecular flexibility index (Phi) is 5.44. The van der Waals surface area contributed by atoms with Crippen LogP contribution in [0.3, 0.4) is 0 Å². The van der Waals surface area contributed by atoms with Crippen molar-refractivity contribution in [2.75, 3.05) is 10.0 Å². The van der Waals surface area contributed by atoms with Gasteiger partial charge < -0.3 is 5.32 Å². The highest BCUT2D eigenvalue weighted by Crippen LogP contribution is 2.23. The maximum absolute atomic E-state index is 12.8. The Hall–Kier alpha value is -3.71. The third kappa shape index (κ3) is 4.41. The van der Waals surface area contributed by atoms with E-state index in [2.05, 4.69) is 15.0 Å². The predicted octanol–water partition coefficient (Wildman–Crippen LogP) is 4.90. The molecular weight excluding hydrogens is 410 g/mol. The molecule has 0 unspecified atom stereocenters. The van der Waals surface area contributed by atoms with Gasteiger partial charge in [-0.2, -0.15) is 0 Å². The quantitative estimate of drug-likeness (QED) is 0.470. The topological polar surface area (TPSA) is 88.2 Å². The van der Waals surface area contributed by atoms with Crippen LogP contribution in [0, 0.1) is 13.8 Å². The number of benzene rings is 3. The molecule has 156 valence electrons. The van der Waals surface area contributed by atoms with E-state index in [9.17, 15) is 13.2 Å². The van der Waals surface area contributed by atoms with Gasteiger partial charge in [-0.3, -0.25) is 14.5 Å². The second-order valence-corrected chi connectivity index (χ2v) is 8.94. The molecule has 0 saturated heterocycles. The van der Waals surface area contributed by atoms with Gasteiger partial charge in [0.2, 0.25) is 0 Å². The zero-order valence-electron chi connectivity index (χ0n) is 17.1. The number of rotatable bonds is 5. The van der Waals surface area contributed by atoms with Crippen LogP contribution in [-0.4, -0.2) is 19.3 Å². The van der Waals surface area contributed by atoms with Crippen molar-refractivity contribution >= 4 is 38.2 Å². The van der Waals surface area contributed by atoms with Gasteiger partial charge in [0.1, 0.15) is 0 Å². The number of anilines is 2. The summed E-state index contributed by atoms with van der Waals surface area (Å²) in [6.45, 7) is 3.60. The number of hydrogen-bond donors (Lipinski definition) is 2. The van der Waals surface area contributed by atoms with Crippen molar-refractivity contribution in [3.8, 4) is 0 Å². The lowest BCUT2D eigenvalue weighted by Gasteiger charge is -2.12. The number of pyridine rings is 1. The van der Waals surface area contributed by atoms with E-state index < -0.39 is 10.0 Å². The van der Waals surface area contributed by atoms with Gasteiger partial charge in [0.15, 0.2) is 0 Å². The Morgan fingerprint density at radius 1 is 0.903 bits per heavy atom. The lowest BCUT2D eigenvalue weighted by Crippen LogP contribution is -2.15. The van der Waals surface area contributed by atoms with E-state index in [4.69, 9.17) is 0 Å². The molecule has 0 aliphatic carbocycles. The van der Waals surface area contributed by atoms with Crippen LogP contribution in [0.2, 0.25) is 0 Å². The number of aromatic nitrogens is 1. The SMILES string of the molecule is Cc1ccc(C)c(S(=O)(=O)Nc2ccc(C(=O)Nc3cccc4cccnc34)cc2)c1. The summed E-state index contributed by atoms with van der Waals surface area (Å²) in [5.41, 5.74) is 3.63. The molecule has 2 N–H and O–H groups in total. The number of sulfonamides is 1. The first-order valence-electron chi connectivity index (χ1n) is 9.69. The first-order valence-corrected chi connectivity index (χ1v) is 11.2. The Morgan fingerprint density at radius 2 is 1.65 bits per heavy atom. The smallest absolute Gasteiger partial charge is 0.262 e. The van der Waals surface area contributed by atoms with Crippen LogP contribution in [0.15, 0.2) is 83.9 Å². The maximum atomic E-state index is 12.8. The minimum absolute atomic E-state index is 0.234. The van der Waals surface area contributed by atoms with E-state index in [-0.39, 0.29) is 10.8 Å². The largest absolute Gasteiger partial charge is 0.320 e. The van der Waals surface area contributed by atoms with Crippen molar-refractivity contribution in [2.24, 2.45) is 0 Å². The summed E-state index contributed by atoms with van der Waals surface area (Å²) >= 11 is 0. The van der Waals surface area contributed by atoms with Crippen LogP contribution < -0.4 is 10.0 Å². The molecule has 4 rings (SSSR count). The van der Waals surface area contributed by atoms with Crippen molar-refractivity contribution in [2.45, 2.75) is 18.7 Å². The van der Waals surface area contributed by atoms with Crippen LogP contribution in [0.25, 0.3) is 10.9 Å². The number of amides is 1. The molecule has 0 radical (unpaired) electrons. The zero-order chi connectivity index (χ0) is 22.0. The van der Waals surface area contributed by atoms with Crippen LogP contribution in [0.1, 0.15) is 21.5 Å². The van der Waals surface area contributed by atoms with Gasteiger partial charge in [0.25, 0.3) is 15.9 Å². The molecule has 1 aromatic heterocycles. The number of fused-ring (bicyclic) bond motifs is 1. The van der Waals surface area contributed by atoms with E-state index in [1.54, 1.807) is 55.6 Å². The maximum Gasteiger partial charge on any atom is 0.262 e. The minimum atomic E-state index is -3.73. The fourth-order valence-electron chi connectivity index (χ4n) is 3.30. The molecule has 3 aromatic carbocycles. The van der Waals surface area contributed by atoms with Crippen molar-refractivity contribution < 1.29 is 13.2 Å². The summed E-state index contributed by atoms with van der Waals surface area (Å²) in [6, 6.07) is 20.9. The van der Waals surface area contributed by atoms with Crippen molar-refractivity contribution in [3.63, 3.8) is 0 Å². The highest BCUT2D eigenvalue weighted by atomic mass is 32.2. The molecule has 1 amide bonds. The number of carbonyl (C=O) groups excluding carboxylic acids is 1. The van der Waals surface area contributed by atoms with Crippen LogP contribution >= 0.6 is 0 Å². The molecule has 31 heavy (non-hydrogen) atoms. The normalized spacial score (nSPS) is 11.3. The zero-order valence-corrected chi connectivity index (χ0v) is 17.9. The van der Waals surface area contributed by atoms with Gasteiger partial charge in [0, 0.05) is 22.8 Å². The van der Waals surface area contributed by atoms with Gasteiger partial charge in [-0.05, 0) is 67.4 Å². The van der Waals surface area contributed by atoms with E-state index in [1.807, 2.05) is 37.3 Å². The Balaban J connectivity index is 1.52. The van der Waals surface area contributed by atoms with Crippen LogP contribution in [0.4, 0.5) is 11.4 Å². The van der Waals surface area contributed by atoms with Gasteiger partial charge in [-0.1, -0.05) is 30.3 Å². The first kappa shape index (κ1) is 20.6. The number of nitrogens with zero attached hydrogens (tertiary/aromatic N) is 1. The number of nitrogens with one attached hydrogen (secondary N) is 2. The van der Waals surface area contributed by atoms with E-state index in [0.717, 1.165) is 10.9 Å². The minimum Gasteiger partial charge on any atom is -0.320 e. The molecule has 7 heteroatoms. The summed E-state index contributed by atoms with van der Waals surface area (Å²) in [4.78, 5) is 17.2. The second kappa shape index (κ2) is 8.20. The average molecular weight is 432 g/mol. The highest BCUT2D eigenvalue weighted by Gasteiger charge is 2.17. The fraction of sp³-hybridized carbons (Fsp3) is 0.0833. The summed E-state index contributed by atoms with van der Waals surface area (Å²) in [6.07, 6.45) is 1.68. The molecule has 0 aliphatic heterocycles. The standard InChI is InChI=1S/C24H21N3O3S/c1-16-8-9-17(2)22(15-16)31(29,30)27-20-12-10-19(11-13-20)24(28)26-21-7-3-5-18-6-4-14-25-23(18)21/h3-15,27H,1-2H3,(H,26,28). The predicted molar refractivity (Wildman–Crippen MR) is 123 cm³/mol. The van der Waals surface area contributed by atoms with E-state index >= 15 is 0 Å². The van der Waals surface area contributed by atoms with E-state index in [1.165, 1.54) is 0 Å². The molecule has 0 aliphatic rings. The van der Waals surface area contributed by atoms with Gasteiger partial charge >= 0.3 is 0 Å². The molecular formula is C24H21N3O3S. The Morgan fingerprint density at radius 3 is 2.42 bits per heavy atom. The third-order valence-corrected chi connectivity index (χ3v) is 6.44. The van der Waals surface area contributed by atoms with Crippen molar-refractivity contribution in [1.29, 1.82) is 0 Å². The molecule has 0 spiro atoms. The summed E-state index contributed by atoms with van der Waals surface area (Å²) in [5, 5.41) is 3.80. The summed E-state index contributed by atoms with van der Waals surface area (Å²) < 4.78 is 28.1. The highest BCUT2D eigenvalue weighted by molar-refractivity contribution is 7.92. The van der Waals surface area contributed by atoms with Gasteiger partial charge in [-0.15, -0.1) is 0 Å². The molecule has 0 bridgehead atoms. The average Bonchev–Trinajstić information content (AvgIpc) is 2.76. The van der Waals surface area contributed by atoms with Crippen molar-refractivity contribution in [3.05, 3.63) is 95.7 Å². The Labute approximate surface area is 181 Å². The van der Waals surface area contributed by atoms with Crippen molar-refractivity contribution in [1.82, 2.24) is 4.98 Å². The lowest BCUT2D eigenvalue weighted by molar-refractivity contribution is 0.102. The number of aryl methyl sites for hydroxylation is 2. The van der Waals surface area contributed by atoms with Crippen LogP contribution in [0.5, 0.6) is 0 Å². The summed E-state index contributed by atoms with van der Waals surface area (Å²) in [5.74, 6) is -0.304. The molecule has 4 aromatic rings. The number of para-hydroxylation sites is 1.